The molecule has 11 nitrogen and oxygen atoms in total. The van der Waals surface area contributed by atoms with Crippen LogP contribution in [0.3, 0.4) is 0 Å². The van der Waals surface area contributed by atoms with Gasteiger partial charge in [-0.05, 0) is 24.3 Å². The first-order valence-corrected chi connectivity index (χ1v) is 12.7. The molecule has 0 saturated heterocycles. The first-order chi connectivity index (χ1) is 19.3. The molecule has 9 aromatic heterocycles. The van der Waals surface area contributed by atoms with E-state index >= 15 is 0 Å². The minimum atomic E-state index is 0.473. The molecular weight excluding hydrogens is 512 g/mol. The lowest BCUT2D eigenvalue weighted by atomic mass is 10.2. The summed E-state index contributed by atoms with van der Waals surface area (Å²) in [7, 11) is 0. The van der Waals surface area contributed by atoms with Gasteiger partial charge in [0.25, 0.3) is 0 Å². The Morgan fingerprint density at radius 2 is 1.62 bits per heavy atom. The summed E-state index contributed by atoms with van der Waals surface area (Å²) >= 11 is 1.55. The zero-order valence-corrected chi connectivity index (χ0v) is 20.5. The molecule has 182 valence electrons. The lowest BCUT2D eigenvalue weighted by Gasteiger charge is -2.05. The largest absolute Gasteiger partial charge is 0.434 e. The summed E-state index contributed by atoms with van der Waals surface area (Å²) in [5, 5.41) is 3.55. The standard InChI is InChI=1S/C27H12N10OS/c1-2-14-17-8-28-11-34-25(17)37(24(14)31-4-1)13-6-16-20-19(38-26(16)33-7-13)10-32-23(36-20)15-3-5-30-21-18-9-29-12-35-27(18)39-22(15)21/h1-12H. The number of hydrogen-bond acceptors (Lipinski definition) is 11. The summed E-state index contributed by atoms with van der Waals surface area (Å²) < 4.78 is 8.94. The summed E-state index contributed by atoms with van der Waals surface area (Å²) in [6.07, 6.45) is 13.6. The van der Waals surface area contributed by atoms with Crippen LogP contribution in [0, 0.1) is 0 Å². The van der Waals surface area contributed by atoms with Crippen molar-refractivity contribution in [2.75, 3.05) is 0 Å². The maximum Gasteiger partial charge on any atom is 0.229 e. The average Bonchev–Trinajstić information content (AvgIpc) is 3.66. The molecule has 0 amide bonds. The van der Waals surface area contributed by atoms with Crippen molar-refractivity contribution >= 4 is 76.0 Å². The highest BCUT2D eigenvalue weighted by Crippen LogP contribution is 2.37. The van der Waals surface area contributed by atoms with Gasteiger partial charge in [-0.2, -0.15) is 0 Å². The Kier molecular flexibility index (Phi) is 3.96. The van der Waals surface area contributed by atoms with Gasteiger partial charge < -0.3 is 4.42 Å². The molecule has 0 radical (unpaired) electrons. The van der Waals surface area contributed by atoms with Gasteiger partial charge in [-0.3, -0.25) is 9.55 Å². The summed E-state index contributed by atoms with van der Waals surface area (Å²) in [5.41, 5.74) is 5.69. The highest BCUT2D eigenvalue weighted by molar-refractivity contribution is 7.25. The Bertz CT molecular complexity index is 2370. The lowest BCUT2D eigenvalue weighted by molar-refractivity contribution is 0.651. The van der Waals surface area contributed by atoms with Gasteiger partial charge in [-0.1, -0.05) is 0 Å². The van der Waals surface area contributed by atoms with Gasteiger partial charge in [0.05, 0.1) is 39.1 Å². The fraction of sp³-hybridized carbons (Fsp3) is 0. The maximum atomic E-state index is 6.01. The Morgan fingerprint density at radius 1 is 0.718 bits per heavy atom. The van der Waals surface area contributed by atoms with Crippen molar-refractivity contribution in [1.29, 1.82) is 0 Å². The Balaban J connectivity index is 1.29. The second-order valence-electron chi connectivity index (χ2n) is 8.90. The third kappa shape index (κ3) is 2.82. The van der Waals surface area contributed by atoms with Crippen molar-refractivity contribution in [1.82, 2.24) is 49.4 Å². The number of thiophene rings is 1. The zero-order chi connectivity index (χ0) is 25.5. The molecule has 0 N–H and O–H groups in total. The number of nitrogens with zero attached hydrogens (tertiary/aromatic N) is 10. The molecule has 39 heavy (non-hydrogen) atoms. The minimum Gasteiger partial charge on any atom is -0.434 e. The number of aromatic nitrogens is 10. The van der Waals surface area contributed by atoms with Crippen molar-refractivity contribution in [2.45, 2.75) is 0 Å². The maximum absolute atomic E-state index is 6.01. The van der Waals surface area contributed by atoms with Gasteiger partial charge in [0.2, 0.25) is 5.71 Å². The second-order valence-corrected chi connectivity index (χ2v) is 9.90. The van der Waals surface area contributed by atoms with Gasteiger partial charge in [-0.15, -0.1) is 11.3 Å². The van der Waals surface area contributed by atoms with E-state index in [1.807, 2.05) is 28.8 Å². The minimum absolute atomic E-state index is 0.473. The molecule has 0 aliphatic heterocycles. The van der Waals surface area contributed by atoms with Crippen molar-refractivity contribution in [3.8, 4) is 17.1 Å². The molecule has 9 heterocycles. The lowest BCUT2D eigenvalue weighted by Crippen LogP contribution is -1.97. The number of fused-ring (bicyclic) bond motifs is 9. The van der Waals surface area contributed by atoms with E-state index in [4.69, 9.17) is 9.40 Å². The Hall–Kier alpha value is -5.49. The molecule has 0 aliphatic carbocycles. The molecule has 9 aromatic rings. The molecule has 0 atom stereocenters. The van der Waals surface area contributed by atoms with Crippen molar-refractivity contribution in [3.05, 3.63) is 74.1 Å². The molecule has 0 aliphatic rings. The fourth-order valence-corrected chi connectivity index (χ4v) is 6.17. The van der Waals surface area contributed by atoms with Crippen LogP contribution in [0.25, 0.3) is 81.8 Å². The highest BCUT2D eigenvalue weighted by Gasteiger charge is 2.19. The molecule has 0 aromatic carbocycles. The Morgan fingerprint density at radius 3 is 2.59 bits per heavy atom. The van der Waals surface area contributed by atoms with Gasteiger partial charge in [0.1, 0.15) is 34.3 Å². The van der Waals surface area contributed by atoms with Crippen LogP contribution in [-0.2, 0) is 0 Å². The molecule has 12 heteroatoms. The van der Waals surface area contributed by atoms with Crippen LogP contribution in [0.15, 0.2) is 78.5 Å². The highest BCUT2D eigenvalue weighted by atomic mass is 32.1. The van der Waals surface area contributed by atoms with Crippen LogP contribution in [0.5, 0.6) is 0 Å². The fourth-order valence-electron chi connectivity index (χ4n) is 5.09. The topological polar surface area (TPSA) is 134 Å². The molecule has 9 rings (SSSR count). The monoisotopic (exact) mass is 524 g/mol. The van der Waals surface area contributed by atoms with E-state index in [-0.39, 0.29) is 0 Å². The molecule has 0 saturated carbocycles. The van der Waals surface area contributed by atoms with Gasteiger partial charge in [-0.25, -0.2) is 39.9 Å². The van der Waals surface area contributed by atoms with Crippen LogP contribution >= 0.6 is 11.3 Å². The summed E-state index contributed by atoms with van der Waals surface area (Å²) in [6.45, 7) is 0. The zero-order valence-electron chi connectivity index (χ0n) is 19.7. The molecule has 0 spiro atoms. The first kappa shape index (κ1) is 20.6. The molecular formula is C27H12N10OS. The number of rotatable bonds is 2. The van der Waals surface area contributed by atoms with E-state index in [2.05, 4.69) is 39.9 Å². The normalized spacial score (nSPS) is 12.1. The summed E-state index contributed by atoms with van der Waals surface area (Å²) in [5.74, 6) is 0.564. The van der Waals surface area contributed by atoms with Crippen molar-refractivity contribution in [2.24, 2.45) is 0 Å². The van der Waals surface area contributed by atoms with Crippen LogP contribution < -0.4 is 0 Å². The first-order valence-electron chi connectivity index (χ1n) is 11.9. The predicted molar refractivity (Wildman–Crippen MR) is 147 cm³/mol. The van der Waals surface area contributed by atoms with Crippen molar-refractivity contribution < 1.29 is 4.42 Å². The van der Waals surface area contributed by atoms with Gasteiger partial charge in [0.15, 0.2) is 11.4 Å². The average molecular weight is 525 g/mol. The summed E-state index contributed by atoms with van der Waals surface area (Å²) in [6, 6.07) is 7.83. The second kappa shape index (κ2) is 7.52. The van der Waals surface area contributed by atoms with Crippen LogP contribution in [0.4, 0.5) is 0 Å². The number of hydrogen-bond donors (Lipinski definition) is 0. The van der Waals surface area contributed by atoms with Crippen LogP contribution in [0.2, 0.25) is 0 Å². The third-order valence-electron chi connectivity index (χ3n) is 6.78. The van der Waals surface area contributed by atoms with E-state index in [1.54, 1.807) is 54.8 Å². The molecule has 0 fully saturated rings. The predicted octanol–water partition coefficient (Wildman–Crippen LogP) is 5.27. The van der Waals surface area contributed by atoms with E-state index in [0.29, 0.717) is 22.6 Å². The van der Waals surface area contributed by atoms with E-state index < -0.39 is 0 Å². The van der Waals surface area contributed by atoms with Crippen LogP contribution in [0.1, 0.15) is 0 Å². The van der Waals surface area contributed by atoms with E-state index in [9.17, 15) is 0 Å². The van der Waals surface area contributed by atoms with E-state index in [0.717, 1.165) is 59.1 Å². The van der Waals surface area contributed by atoms with Crippen LogP contribution in [-0.4, -0.2) is 49.4 Å². The van der Waals surface area contributed by atoms with Gasteiger partial charge in [0, 0.05) is 41.1 Å². The smallest absolute Gasteiger partial charge is 0.229 e. The Labute approximate surface area is 220 Å². The SMILES string of the molecule is c1cnc2c(c1)c1cncnc1n2-c1cnc2oc3cnc(-c4ccnc5c4sc4ncncc45)nc3c2c1. The summed E-state index contributed by atoms with van der Waals surface area (Å²) in [4.78, 5) is 41.6. The number of pyridine rings is 3. The third-order valence-corrected chi connectivity index (χ3v) is 7.91. The number of furan rings is 1. The van der Waals surface area contributed by atoms with Crippen molar-refractivity contribution in [3.63, 3.8) is 0 Å². The molecule has 0 bridgehead atoms. The van der Waals surface area contributed by atoms with E-state index in [1.165, 1.54) is 6.33 Å². The molecule has 0 unspecified atom stereocenters. The van der Waals surface area contributed by atoms with Gasteiger partial charge >= 0.3 is 0 Å². The quantitative estimate of drug-likeness (QED) is 0.294.